The molecule has 2 aromatic heterocycles. The summed E-state index contributed by atoms with van der Waals surface area (Å²) in [7, 11) is 0. The predicted octanol–water partition coefficient (Wildman–Crippen LogP) is 3.56. The van der Waals surface area contributed by atoms with Gasteiger partial charge in [0.25, 0.3) is 0 Å². The second kappa shape index (κ2) is 5.12. The van der Waals surface area contributed by atoms with Gasteiger partial charge in [0, 0.05) is 17.8 Å². The van der Waals surface area contributed by atoms with E-state index in [-0.39, 0.29) is 0 Å². The number of pyridine rings is 1. The van der Waals surface area contributed by atoms with Gasteiger partial charge in [0.1, 0.15) is 5.65 Å². The summed E-state index contributed by atoms with van der Waals surface area (Å²) in [6, 6.07) is 16.2. The highest BCUT2D eigenvalue weighted by Gasteiger charge is 1.88. The molecule has 0 saturated carbocycles. The molecule has 2 heterocycles. The first-order valence-electron chi connectivity index (χ1n) is 5.26. The minimum atomic E-state index is 0.956. The van der Waals surface area contributed by atoms with Gasteiger partial charge in [-0.2, -0.15) is 0 Å². The van der Waals surface area contributed by atoms with Crippen LogP contribution in [0.2, 0.25) is 0 Å². The number of nitrogens with one attached hydrogen (secondary N) is 1. The first-order valence-corrected chi connectivity index (χ1v) is 5.26. The predicted molar refractivity (Wildman–Crippen MR) is 67.3 cm³/mol. The van der Waals surface area contributed by atoms with Crippen LogP contribution in [0.4, 0.5) is 0 Å². The number of aromatic nitrogens is 2. The number of hydrogen-bond donors (Lipinski definition) is 1. The van der Waals surface area contributed by atoms with E-state index in [0.29, 0.717) is 0 Å². The smallest absolute Gasteiger partial charge is 0.137 e. The van der Waals surface area contributed by atoms with E-state index in [2.05, 4.69) is 29.0 Å². The van der Waals surface area contributed by atoms with Crippen LogP contribution in [-0.4, -0.2) is 9.97 Å². The summed E-state index contributed by atoms with van der Waals surface area (Å²) < 4.78 is 0. The topological polar surface area (TPSA) is 28.7 Å². The largest absolute Gasteiger partial charge is 0.346 e. The fourth-order valence-corrected chi connectivity index (χ4v) is 1.42. The van der Waals surface area contributed by atoms with Crippen molar-refractivity contribution >= 4 is 11.0 Å². The Morgan fingerprint density at radius 1 is 0.938 bits per heavy atom. The minimum absolute atomic E-state index is 0.956. The van der Waals surface area contributed by atoms with Crippen molar-refractivity contribution in [2.75, 3.05) is 0 Å². The number of H-pyrrole nitrogens is 1. The van der Waals surface area contributed by atoms with Crippen molar-refractivity contribution in [2.45, 2.75) is 6.92 Å². The zero-order valence-corrected chi connectivity index (χ0v) is 9.22. The van der Waals surface area contributed by atoms with Crippen LogP contribution in [0.1, 0.15) is 5.56 Å². The normalized spacial score (nSPS) is 9.56. The monoisotopic (exact) mass is 210 g/mol. The average molecular weight is 210 g/mol. The van der Waals surface area contributed by atoms with Gasteiger partial charge in [0.2, 0.25) is 0 Å². The molecule has 0 aliphatic rings. The summed E-state index contributed by atoms with van der Waals surface area (Å²) in [4.78, 5) is 7.09. The molecule has 0 aliphatic heterocycles. The summed E-state index contributed by atoms with van der Waals surface area (Å²) >= 11 is 0. The van der Waals surface area contributed by atoms with E-state index in [1.165, 1.54) is 5.56 Å². The molecule has 0 fully saturated rings. The number of hydrogen-bond acceptors (Lipinski definition) is 1. The van der Waals surface area contributed by atoms with E-state index >= 15 is 0 Å². The fourth-order valence-electron chi connectivity index (χ4n) is 1.42. The highest BCUT2D eigenvalue weighted by Crippen LogP contribution is 2.05. The third-order valence-electron chi connectivity index (χ3n) is 2.26. The van der Waals surface area contributed by atoms with Crippen LogP contribution < -0.4 is 0 Å². The molecule has 16 heavy (non-hydrogen) atoms. The second-order valence-electron chi connectivity index (χ2n) is 3.57. The van der Waals surface area contributed by atoms with Crippen molar-refractivity contribution in [1.82, 2.24) is 9.97 Å². The highest BCUT2D eigenvalue weighted by molar-refractivity contribution is 5.74. The Kier molecular flexibility index (Phi) is 3.34. The number of aromatic amines is 1. The lowest BCUT2D eigenvalue weighted by molar-refractivity contribution is 1.33. The molecule has 0 aliphatic carbocycles. The number of rotatable bonds is 0. The number of benzene rings is 1. The fraction of sp³-hybridized carbons (Fsp3) is 0.0714. The Balaban J connectivity index is 0.000000125. The van der Waals surface area contributed by atoms with Gasteiger partial charge in [0.05, 0.1) is 0 Å². The first kappa shape index (κ1) is 10.4. The van der Waals surface area contributed by atoms with Crippen molar-refractivity contribution in [2.24, 2.45) is 0 Å². The molecule has 0 bridgehead atoms. The maximum atomic E-state index is 4.09. The summed E-state index contributed by atoms with van der Waals surface area (Å²) in [6.45, 7) is 2.08. The van der Waals surface area contributed by atoms with Gasteiger partial charge < -0.3 is 4.98 Å². The van der Waals surface area contributed by atoms with Gasteiger partial charge in [-0.3, -0.25) is 0 Å². The molecule has 0 amide bonds. The maximum absolute atomic E-state index is 4.09. The summed E-state index contributed by atoms with van der Waals surface area (Å²) in [5.74, 6) is 0. The third kappa shape index (κ3) is 2.70. The zero-order valence-electron chi connectivity index (χ0n) is 9.22. The van der Waals surface area contributed by atoms with Crippen molar-refractivity contribution in [3.8, 4) is 0 Å². The van der Waals surface area contributed by atoms with Crippen LogP contribution in [0, 0.1) is 6.92 Å². The van der Waals surface area contributed by atoms with Crippen LogP contribution in [0.5, 0.6) is 0 Å². The lowest BCUT2D eigenvalue weighted by Gasteiger charge is -1.82. The summed E-state index contributed by atoms with van der Waals surface area (Å²) in [5, 5.41) is 1.16. The van der Waals surface area contributed by atoms with Gasteiger partial charge in [0.15, 0.2) is 0 Å². The number of fused-ring (bicyclic) bond motifs is 1. The molecule has 3 rings (SSSR count). The van der Waals surface area contributed by atoms with E-state index in [0.717, 1.165) is 11.0 Å². The Bertz CT molecular complexity index is 510. The van der Waals surface area contributed by atoms with Crippen molar-refractivity contribution < 1.29 is 0 Å². The van der Waals surface area contributed by atoms with Gasteiger partial charge in [-0.1, -0.05) is 35.9 Å². The molecule has 3 aromatic rings. The minimum Gasteiger partial charge on any atom is -0.346 e. The summed E-state index contributed by atoms with van der Waals surface area (Å²) in [5.41, 5.74) is 2.28. The molecular weight excluding hydrogens is 196 g/mol. The van der Waals surface area contributed by atoms with Crippen LogP contribution in [0.3, 0.4) is 0 Å². The van der Waals surface area contributed by atoms with Crippen molar-refractivity contribution in [3.63, 3.8) is 0 Å². The Hall–Kier alpha value is -2.09. The Morgan fingerprint density at radius 3 is 2.38 bits per heavy atom. The van der Waals surface area contributed by atoms with Crippen LogP contribution in [0.15, 0.2) is 60.9 Å². The van der Waals surface area contributed by atoms with Crippen molar-refractivity contribution in [1.29, 1.82) is 0 Å². The molecular formula is C14H14N2. The standard InChI is InChI=1S/C7H6N2.C7H8/c1-2-6-3-5-9-7(6)8-4-1;1-7-5-3-2-4-6-7/h1-5H,(H,8,9);2-6H,1H3. The van der Waals surface area contributed by atoms with E-state index in [9.17, 15) is 0 Å². The van der Waals surface area contributed by atoms with Gasteiger partial charge >= 0.3 is 0 Å². The van der Waals surface area contributed by atoms with E-state index < -0.39 is 0 Å². The van der Waals surface area contributed by atoms with Gasteiger partial charge in [-0.15, -0.1) is 0 Å². The van der Waals surface area contributed by atoms with E-state index in [1.54, 1.807) is 6.20 Å². The van der Waals surface area contributed by atoms with E-state index in [4.69, 9.17) is 0 Å². The molecule has 2 nitrogen and oxygen atoms in total. The lowest BCUT2D eigenvalue weighted by atomic mass is 10.2. The molecule has 0 spiro atoms. The molecule has 0 saturated heterocycles. The lowest BCUT2D eigenvalue weighted by Crippen LogP contribution is -1.70. The second-order valence-corrected chi connectivity index (χ2v) is 3.57. The van der Waals surface area contributed by atoms with Crippen LogP contribution in [0.25, 0.3) is 11.0 Å². The van der Waals surface area contributed by atoms with Crippen LogP contribution >= 0.6 is 0 Å². The highest BCUT2D eigenvalue weighted by atomic mass is 14.8. The molecule has 2 heteroatoms. The van der Waals surface area contributed by atoms with Crippen LogP contribution in [-0.2, 0) is 0 Å². The molecule has 1 aromatic carbocycles. The first-order chi connectivity index (χ1) is 7.86. The summed E-state index contributed by atoms with van der Waals surface area (Å²) in [6.07, 6.45) is 3.66. The SMILES string of the molecule is Cc1ccccc1.c1cnc2[nH]ccc2c1. The zero-order chi connectivity index (χ0) is 11.2. The van der Waals surface area contributed by atoms with Crippen molar-refractivity contribution in [3.05, 3.63) is 66.5 Å². The molecule has 0 atom stereocenters. The number of aryl methyl sites for hydroxylation is 1. The Morgan fingerprint density at radius 2 is 1.75 bits per heavy atom. The number of nitrogens with zero attached hydrogens (tertiary/aromatic N) is 1. The van der Waals surface area contributed by atoms with Gasteiger partial charge in [-0.25, -0.2) is 4.98 Å². The molecule has 80 valence electrons. The van der Waals surface area contributed by atoms with E-state index in [1.807, 2.05) is 42.6 Å². The molecule has 0 radical (unpaired) electrons. The molecule has 1 N–H and O–H groups in total. The van der Waals surface area contributed by atoms with Gasteiger partial charge in [-0.05, 0) is 25.1 Å². The molecule has 0 unspecified atom stereocenters. The maximum Gasteiger partial charge on any atom is 0.137 e. The average Bonchev–Trinajstić information content (AvgIpc) is 2.79. The third-order valence-corrected chi connectivity index (χ3v) is 2.26. The quantitative estimate of drug-likeness (QED) is 0.604. The Labute approximate surface area is 95.0 Å².